The van der Waals surface area contributed by atoms with Crippen molar-refractivity contribution in [2.24, 2.45) is 0 Å². The summed E-state index contributed by atoms with van der Waals surface area (Å²) in [5.74, 6) is 2.96. The lowest BCUT2D eigenvalue weighted by atomic mass is 10.1. The number of likely N-dealkylation sites (N-methyl/N-ethyl adjacent to an activating group) is 1. The normalized spacial score (nSPS) is 11.5. The average molecular weight is 623 g/mol. The first-order valence-corrected chi connectivity index (χ1v) is 13.7. The van der Waals surface area contributed by atoms with Crippen LogP contribution in [0.15, 0.2) is 79.0 Å². The molecule has 0 saturated heterocycles. The van der Waals surface area contributed by atoms with Crippen LogP contribution in [0.5, 0.6) is 17.2 Å². The highest BCUT2D eigenvalue weighted by molar-refractivity contribution is 6.30. The highest BCUT2D eigenvalue weighted by Crippen LogP contribution is 2.27. The van der Waals surface area contributed by atoms with Crippen molar-refractivity contribution in [3.05, 3.63) is 89.8 Å². The molecule has 1 N–H and O–H groups in total. The van der Waals surface area contributed by atoms with Crippen LogP contribution in [0.1, 0.15) is 26.6 Å². The molecule has 1 atom stereocenters. The van der Waals surface area contributed by atoms with E-state index in [2.05, 4.69) is 18.7 Å². The molecule has 222 valence electrons. The van der Waals surface area contributed by atoms with Crippen LogP contribution in [0.3, 0.4) is 0 Å². The summed E-state index contributed by atoms with van der Waals surface area (Å²) in [5, 5.41) is 11.0. The van der Waals surface area contributed by atoms with Crippen molar-refractivity contribution < 1.29 is 19.3 Å². The lowest BCUT2D eigenvalue weighted by Crippen LogP contribution is -2.35. The first kappa shape index (κ1) is 34.4. The van der Waals surface area contributed by atoms with Gasteiger partial charge in [0, 0.05) is 35.6 Å². The summed E-state index contributed by atoms with van der Waals surface area (Å²) in [4.78, 5) is 7.03. The zero-order chi connectivity index (χ0) is 27.6. The topological polar surface area (TPSA) is 69.0 Å². The van der Waals surface area contributed by atoms with E-state index in [1.165, 1.54) is 0 Å². The van der Waals surface area contributed by atoms with Crippen molar-refractivity contribution in [1.29, 1.82) is 0 Å². The van der Waals surface area contributed by atoms with Crippen molar-refractivity contribution in [3.8, 4) is 34.2 Å². The number of aliphatic hydroxyl groups is 1. The standard InChI is InChI=1S/C31H36ClN3O4.2ClH/c1-4-34(5-2)19-26(36)21-38-27-13-7-23(8-14-27)30-20-35(31(33-30)22-37-6-3)25-11-17-29(18-12-25)39-28-15-9-24(32)10-16-28;;/h7-18,20,26,36H,4-6,19,21-22H2,1-3H3;2*1H/t26-;;/m1../s1. The van der Waals surface area contributed by atoms with Gasteiger partial charge in [0.05, 0.1) is 5.69 Å². The molecule has 0 radical (unpaired) electrons. The third-order valence-electron chi connectivity index (χ3n) is 6.33. The number of aliphatic hydroxyl groups excluding tert-OH is 1. The van der Waals surface area contributed by atoms with E-state index in [1.54, 1.807) is 12.1 Å². The van der Waals surface area contributed by atoms with Gasteiger partial charge in [0.25, 0.3) is 0 Å². The minimum absolute atomic E-state index is 0. The molecule has 41 heavy (non-hydrogen) atoms. The van der Waals surface area contributed by atoms with Crippen LogP contribution in [-0.4, -0.2) is 58.5 Å². The highest BCUT2D eigenvalue weighted by atomic mass is 35.5. The quantitative estimate of drug-likeness (QED) is 0.158. The van der Waals surface area contributed by atoms with Crippen LogP contribution >= 0.6 is 36.4 Å². The van der Waals surface area contributed by atoms with Gasteiger partial charge in [0.1, 0.15) is 42.4 Å². The molecule has 0 bridgehead atoms. The molecule has 0 saturated carbocycles. The van der Waals surface area contributed by atoms with Crippen LogP contribution in [0, 0.1) is 0 Å². The summed E-state index contributed by atoms with van der Waals surface area (Å²) in [6.07, 6.45) is 1.47. The largest absolute Gasteiger partial charge is 0.491 e. The van der Waals surface area contributed by atoms with Gasteiger partial charge in [-0.1, -0.05) is 25.4 Å². The Hall–Kier alpha value is -2.78. The Bertz CT molecular complexity index is 1300. The molecule has 3 aromatic carbocycles. The Balaban J connectivity index is 0.00000294. The number of ether oxygens (including phenoxy) is 3. The number of nitrogens with zero attached hydrogens (tertiary/aromatic N) is 3. The Labute approximate surface area is 259 Å². The van der Waals surface area contributed by atoms with Crippen LogP contribution in [0.25, 0.3) is 16.9 Å². The average Bonchev–Trinajstić information content (AvgIpc) is 3.39. The van der Waals surface area contributed by atoms with E-state index in [1.807, 2.05) is 78.4 Å². The fraction of sp³-hybridized carbons (Fsp3) is 0.323. The maximum atomic E-state index is 10.3. The van der Waals surface area contributed by atoms with Gasteiger partial charge in [-0.3, -0.25) is 0 Å². The smallest absolute Gasteiger partial charge is 0.140 e. The second-order valence-electron chi connectivity index (χ2n) is 9.07. The molecule has 4 aromatic rings. The van der Waals surface area contributed by atoms with Gasteiger partial charge in [-0.25, -0.2) is 4.98 Å². The molecule has 1 heterocycles. The van der Waals surface area contributed by atoms with E-state index in [0.29, 0.717) is 30.5 Å². The summed E-state index contributed by atoms with van der Waals surface area (Å²) < 4.78 is 19.5. The maximum absolute atomic E-state index is 10.3. The third-order valence-corrected chi connectivity index (χ3v) is 6.59. The van der Waals surface area contributed by atoms with Crippen LogP contribution < -0.4 is 9.47 Å². The molecule has 0 aliphatic rings. The molecule has 7 nitrogen and oxygen atoms in total. The van der Waals surface area contributed by atoms with E-state index in [-0.39, 0.29) is 31.4 Å². The summed E-state index contributed by atoms with van der Waals surface area (Å²) in [6, 6.07) is 22.9. The van der Waals surface area contributed by atoms with Crippen molar-refractivity contribution in [2.45, 2.75) is 33.5 Å². The molecular weight excluding hydrogens is 585 g/mol. The number of benzene rings is 3. The van der Waals surface area contributed by atoms with Crippen LogP contribution in [0.2, 0.25) is 5.02 Å². The van der Waals surface area contributed by atoms with Crippen molar-refractivity contribution in [1.82, 2.24) is 14.5 Å². The number of aromatic nitrogens is 2. The summed E-state index contributed by atoms with van der Waals surface area (Å²) in [7, 11) is 0. The minimum Gasteiger partial charge on any atom is -0.491 e. The Kier molecular flexibility index (Phi) is 14.5. The van der Waals surface area contributed by atoms with E-state index in [4.69, 9.17) is 30.8 Å². The number of rotatable bonds is 14. The number of hydrogen-bond donors (Lipinski definition) is 1. The molecular formula is C31H38Cl3N3O4. The number of halogens is 3. The van der Waals surface area contributed by atoms with Gasteiger partial charge >= 0.3 is 0 Å². The minimum atomic E-state index is -0.538. The number of hydrogen-bond acceptors (Lipinski definition) is 6. The summed E-state index contributed by atoms with van der Waals surface area (Å²) in [5.41, 5.74) is 2.75. The van der Waals surface area contributed by atoms with Crippen LogP contribution in [-0.2, 0) is 11.3 Å². The van der Waals surface area contributed by atoms with Gasteiger partial charge in [0.15, 0.2) is 0 Å². The highest BCUT2D eigenvalue weighted by Gasteiger charge is 2.13. The predicted octanol–water partition coefficient (Wildman–Crippen LogP) is 7.45. The second kappa shape index (κ2) is 17.2. The molecule has 0 amide bonds. The Morgan fingerprint density at radius 2 is 1.44 bits per heavy atom. The molecule has 1 aromatic heterocycles. The van der Waals surface area contributed by atoms with Gasteiger partial charge < -0.3 is 28.8 Å². The monoisotopic (exact) mass is 621 g/mol. The van der Waals surface area contributed by atoms with E-state index in [9.17, 15) is 5.11 Å². The Morgan fingerprint density at radius 1 is 0.854 bits per heavy atom. The van der Waals surface area contributed by atoms with Crippen LogP contribution in [0.4, 0.5) is 0 Å². The molecule has 0 aliphatic carbocycles. The molecule has 10 heteroatoms. The van der Waals surface area contributed by atoms with Crippen molar-refractivity contribution in [2.75, 3.05) is 32.8 Å². The molecule has 0 unspecified atom stereocenters. The fourth-order valence-electron chi connectivity index (χ4n) is 4.14. The van der Waals surface area contributed by atoms with Crippen molar-refractivity contribution >= 4 is 36.4 Å². The van der Waals surface area contributed by atoms with Gasteiger partial charge in [0.2, 0.25) is 0 Å². The first-order chi connectivity index (χ1) is 19.0. The van der Waals surface area contributed by atoms with E-state index in [0.717, 1.165) is 47.4 Å². The zero-order valence-electron chi connectivity index (χ0n) is 23.5. The number of imidazole rings is 1. The lowest BCUT2D eigenvalue weighted by molar-refractivity contribution is 0.0716. The molecule has 0 spiro atoms. The van der Waals surface area contributed by atoms with Gasteiger partial charge in [-0.05, 0) is 92.8 Å². The van der Waals surface area contributed by atoms with Gasteiger partial charge in [-0.15, -0.1) is 24.8 Å². The SMILES string of the molecule is CCOCc1nc(-c2ccc(OC[C@H](O)CN(CC)CC)cc2)cn1-c1ccc(Oc2ccc(Cl)cc2)cc1.Cl.Cl. The maximum Gasteiger partial charge on any atom is 0.140 e. The summed E-state index contributed by atoms with van der Waals surface area (Å²) >= 11 is 5.97. The predicted molar refractivity (Wildman–Crippen MR) is 170 cm³/mol. The van der Waals surface area contributed by atoms with E-state index >= 15 is 0 Å². The fourth-order valence-corrected chi connectivity index (χ4v) is 4.26. The Morgan fingerprint density at radius 3 is 2.02 bits per heavy atom. The lowest BCUT2D eigenvalue weighted by Gasteiger charge is -2.21. The summed E-state index contributed by atoms with van der Waals surface area (Å²) in [6.45, 7) is 9.79. The second-order valence-corrected chi connectivity index (χ2v) is 9.51. The first-order valence-electron chi connectivity index (χ1n) is 13.3. The van der Waals surface area contributed by atoms with Crippen molar-refractivity contribution in [3.63, 3.8) is 0 Å². The third kappa shape index (κ3) is 9.92. The molecule has 0 aliphatic heterocycles. The van der Waals surface area contributed by atoms with Gasteiger partial charge in [-0.2, -0.15) is 0 Å². The van der Waals surface area contributed by atoms with E-state index < -0.39 is 6.10 Å². The molecule has 4 rings (SSSR count). The molecule has 0 fully saturated rings. The zero-order valence-corrected chi connectivity index (χ0v) is 25.9.